The molecule has 0 unspecified atom stereocenters. The maximum Gasteiger partial charge on any atom is 0.234 e. The molecule has 3 rings (SSSR count). The summed E-state index contributed by atoms with van der Waals surface area (Å²) in [6.07, 6.45) is 10.1. The first-order valence-corrected chi connectivity index (χ1v) is 12.5. The Balaban J connectivity index is 1.45. The van der Waals surface area contributed by atoms with Crippen molar-refractivity contribution >= 4 is 29.3 Å². The van der Waals surface area contributed by atoms with Crippen LogP contribution in [0.2, 0.25) is 0 Å². The summed E-state index contributed by atoms with van der Waals surface area (Å²) in [7, 11) is 0. The standard InChI is InChI=1S/C24H37N3O2S/c1-19-9-11-21(12-10-19)26-22(28)17-30-20(2)23(29)25-18-24(13-5-3-6-14-24)27-15-7-4-8-16-27/h9-12,20H,3-8,13-18H2,1-2H3,(H,25,29)(H,26,28)/t20-/m1/s1. The van der Waals surface area contributed by atoms with E-state index in [4.69, 9.17) is 0 Å². The third kappa shape index (κ3) is 6.48. The second-order valence-electron chi connectivity index (χ2n) is 8.92. The Morgan fingerprint density at radius 2 is 1.67 bits per heavy atom. The molecule has 2 N–H and O–H groups in total. The van der Waals surface area contributed by atoms with E-state index >= 15 is 0 Å². The molecule has 1 saturated heterocycles. The van der Waals surface area contributed by atoms with Crippen molar-refractivity contribution in [3.8, 4) is 0 Å². The Kier molecular flexibility index (Phi) is 8.63. The van der Waals surface area contributed by atoms with Crippen molar-refractivity contribution in [2.45, 2.75) is 76.0 Å². The van der Waals surface area contributed by atoms with Crippen molar-refractivity contribution in [2.24, 2.45) is 0 Å². The van der Waals surface area contributed by atoms with E-state index in [2.05, 4.69) is 15.5 Å². The van der Waals surface area contributed by atoms with E-state index < -0.39 is 0 Å². The highest BCUT2D eigenvalue weighted by Gasteiger charge is 2.38. The Labute approximate surface area is 185 Å². The first-order valence-electron chi connectivity index (χ1n) is 11.5. The van der Waals surface area contributed by atoms with E-state index in [1.54, 1.807) is 0 Å². The van der Waals surface area contributed by atoms with Gasteiger partial charge in [-0.2, -0.15) is 0 Å². The maximum atomic E-state index is 12.7. The smallest absolute Gasteiger partial charge is 0.234 e. The van der Waals surface area contributed by atoms with Gasteiger partial charge in [0, 0.05) is 17.8 Å². The highest BCUT2D eigenvalue weighted by atomic mass is 32.2. The van der Waals surface area contributed by atoms with Crippen molar-refractivity contribution in [1.82, 2.24) is 10.2 Å². The second kappa shape index (κ2) is 11.2. The first-order chi connectivity index (χ1) is 14.5. The number of nitrogens with one attached hydrogen (secondary N) is 2. The molecule has 1 aromatic carbocycles. The predicted molar refractivity (Wildman–Crippen MR) is 126 cm³/mol. The van der Waals surface area contributed by atoms with Crippen LogP contribution in [-0.4, -0.2) is 52.9 Å². The van der Waals surface area contributed by atoms with Crippen LogP contribution in [0.5, 0.6) is 0 Å². The highest BCUT2D eigenvalue weighted by molar-refractivity contribution is 8.01. The van der Waals surface area contributed by atoms with Gasteiger partial charge in [0.1, 0.15) is 0 Å². The molecule has 0 spiro atoms. The molecule has 5 nitrogen and oxygen atoms in total. The predicted octanol–water partition coefficient (Wildman–Crippen LogP) is 4.36. The van der Waals surface area contributed by atoms with Crippen LogP contribution in [0, 0.1) is 6.92 Å². The molecule has 2 amide bonds. The number of carbonyl (C=O) groups is 2. The van der Waals surface area contributed by atoms with Gasteiger partial charge in [-0.1, -0.05) is 43.4 Å². The Morgan fingerprint density at radius 3 is 2.33 bits per heavy atom. The van der Waals surface area contributed by atoms with Crippen LogP contribution in [0.15, 0.2) is 24.3 Å². The van der Waals surface area contributed by atoms with Crippen molar-refractivity contribution in [3.05, 3.63) is 29.8 Å². The van der Waals surface area contributed by atoms with Crippen LogP contribution in [0.3, 0.4) is 0 Å². The lowest BCUT2D eigenvalue weighted by molar-refractivity contribution is -0.121. The van der Waals surface area contributed by atoms with Gasteiger partial charge in [0.2, 0.25) is 11.8 Å². The van der Waals surface area contributed by atoms with Crippen LogP contribution in [0.4, 0.5) is 5.69 Å². The minimum Gasteiger partial charge on any atom is -0.353 e. The largest absolute Gasteiger partial charge is 0.353 e. The number of nitrogens with zero attached hydrogens (tertiary/aromatic N) is 1. The fourth-order valence-electron chi connectivity index (χ4n) is 4.69. The number of aryl methyl sites for hydroxylation is 1. The Morgan fingerprint density at radius 1 is 1.03 bits per heavy atom. The average Bonchev–Trinajstić information content (AvgIpc) is 2.78. The molecule has 1 atom stereocenters. The van der Waals surface area contributed by atoms with Crippen LogP contribution < -0.4 is 10.6 Å². The number of rotatable bonds is 8. The van der Waals surface area contributed by atoms with Crippen molar-refractivity contribution in [3.63, 3.8) is 0 Å². The number of amides is 2. The highest BCUT2D eigenvalue weighted by Crippen LogP contribution is 2.35. The fraction of sp³-hybridized carbons (Fsp3) is 0.667. The van der Waals surface area contributed by atoms with Crippen molar-refractivity contribution in [1.29, 1.82) is 0 Å². The topological polar surface area (TPSA) is 61.4 Å². The van der Waals surface area contributed by atoms with Crippen LogP contribution >= 0.6 is 11.8 Å². The minimum absolute atomic E-state index is 0.0464. The minimum atomic E-state index is -0.240. The number of likely N-dealkylation sites (tertiary alicyclic amines) is 1. The summed E-state index contributed by atoms with van der Waals surface area (Å²) in [5, 5.41) is 5.89. The van der Waals surface area contributed by atoms with Crippen molar-refractivity contribution in [2.75, 3.05) is 30.7 Å². The van der Waals surface area contributed by atoms with Crippen molar-refractivity contribution < 1.29 is 9.59 Å². The molecule has 166 valence electrons. The van der Waals surface area contributed by atoms with Gasteiger partial charge in [-0.3, -0.25) is 14.5 Å². The molecule has 0 aromatic heterocycles. The van der Waals surface area contributed by atoms with E-state index in [1.165, 1.54) is 76.2 Å². The lowest BCUT2D eigenvalue weighted by Crippen LogP contribution is -2.58. The molecule has 2 aliphatic rings. The molecule has 1 saturated carbocycles. The molecule has 1 heterocycles. The number of hydrogen-bond donors (Lipinski definition) is 2. The second-order valence-corrected chi connectivity index (χ2v) is 10.2. The SMILES string of the molecule is Cc1ccc(NC(=O)CS[C@H](C)C(=O)NCC2(N3CCCCC3)CCCCC2)cc1. The lowest BCUT2D eigenvalue weighted by atomic mass is 9.79. The summed E-state index contributed by atoms with van der Waals surface area (Å²) in [5.74, 6) is 0.255. The summed E-state index contributed by atoms with van der Waals surface area (Å²) >= 11 is 1.40. The van der Waals surface area contributed by atoms with Gasteiger partial charge >= 0.3 is 0 Å². The third-order valence-corrected chi connectivity index (χ3v) is 7.71. The average molecular weight is 432 g/mol. The first kappa shape index (κ1) is 23.1. The van der Waals surface area contributed by atoms with Gasteiger partial charge in [-0.25, -0.2) is 0 Å². The van der Waals surface area contributed by atoms with E-state index in [-0.39, 0.29) is 28.4 Å². The molecule has 1 aliphatic heterocycles. The molecule has 1 aromatic rings. The number of anilines is 1. The fourth-order valence-corrected chi connectivity index (χ4v) is 5.40. The Hall–Kier alpha value is -1.53. The number of hydrogen-bond acceptors (Lipinski definition) is 4. The molecule has 6 heteroatoms. The quantitative estimate of drug-likeness (QED) is 0.642. The maximum absolute atomic E-state index is 12.7. The number of carbonyl (C=O) groups excluding carboxylic acids is 2. The zero-order valence-corrected chi connectivity index (χ0v) is 19.4. The van der Waals surface area contributed by atoms with Crippen LogP contribution in [0.25, 0.3) is 0 Å². The van der Waals surface area contributed by atoms with Gasteiger partial charge in [0.15, 0.2) is 0 Å². The van der Waals surface area contributed by atoms with Crippen LogP contribution in [-0.2, 0) is 9.59 Å². The molecule has 2 fully saturated rings. The van der Waals surface area contributed by atoms with Gasteiger partial charge in [-0.05, 0) is 64.8 Å². The monoisotopic (exact) mass is 431 g/mol. The normalized spacial score (nSPS) is 20.3. The lowest BCUT2D eigenvalue weighted by Gasteiger charge is -2.48. The summed E-state index contributed by atoms with van der Waals surface area (Å²) in [5.41, 5.74) is 2.10. The molecule has 30 heavy (non-hydrogen) atoms. The number of benzene rings is 1. The Bertz CT molecular complexity index is 695. The van der Waals surface area contributed by atoms with Gasteiger partial charge in [0.25, 0.3) is 0 Å². The van der Waals surface area contributed by atoms with E-state index in [0.29, 0.717) is 0 Å². The van der Waals surface area contributed by atoms with E-state index in [1.807, 2.05) is 38.1 Å². The molecular formula is C24H37N3O2S. The van der Waals surface area contributed by atoms with Gasteiger partial charge < -0.3 is 10.6 Å². The summed E-state index contributed by atoms with van der Waals surface area (Å²) in [6, 6.07) is 7.75. The summed E-state index contributed by atoms with van der Waals surface area (Å²) in [6.45, 7) is 6.99. The van der Waals surface area contributed by atoms with Gasteiger partial charge in [-0.15, -0.1) is 11.8 Å². The molecular weight excluding hydrogens is 394 g/mol. The molecule has 1 aliphatic carbocycles. The van der Waals surface area contributed by atoms with E-state index in [0.717, 1.165) is 17.8 Å². The zero-order chi connectivity index (χ0) is 21.4. The third-order valence-electron chi connectivity index (χ3n) is 6.57. The van der Waals surface area contributed by atoms with Crippen LogP contribution in [0.1, 0.15) is 63.9 Å². The number of piperidine rings is 1. The molecule has 0 radical (unpaired) electrons. The van der Waals surface area contributed by atoms with E-state index in [9.17, 15) is 9.59 Å². The summed E-state index contributed by atoms with van der Waals surface area (Å²) < 4.78 is 0. The zero-order valence-electron chi connectivity index (χ0n) is 18.5. The molecule has 0 bridgehead atoms. The van der Waals surface area contributed by atoms with Gasteiger partial charge in [0.05, 0.1) is 11.0 Å². The summed E-state index contributed by atoms with van der Waals surface area (Å²) in [4.78, 5) is 27.6. The number of thioether (sulfide) groups is 1.